The molecule has 0 aliphatic heterocycles. The third kappa shape index (κ3) is 3.35. The second kappa shape index (κ2) is 6.80. The van der Waals surface area contributed by atoms with Gasteiger partial charge in [-0.3, -0.25) is 0 Å². The number of aromatic nitrogens is 2. The molecule has 0 amide bonds. The molecule has 25 heavy (non-hydrogen) atoms. The first-order chi connectivity index (χ1) is 12.2. The molecule has 2 aromatic heterocycles. The Labute approximate surface area is 149 Å². The fraction of sp³-hybridized carbons (Fsp3) is 0.316. The van der Waals surface area contributed by atoms with Crippen molar-refractivity contribution in [1.82, 2.24) is 10.2 Å². The highest BCUT2D eigenvalue weighted by atomic mass is 32.1. The fourth-order valence-electron chi connectivity index (χ4n) is 3.04. The van der Waals surface area contributed by atoms with Crippen LogP contribution in [0.4, 0.5) is 0 Å². The monoisotopic (exact) mass is 354 g/mol. The lowest BCUT2D eigenvalue weighted by Crippen LogP contribution is -2.11. The number of fused-ring (bicyclic) bond motifs is 1. The van der Waals surface area contributed by atoms with E-state index in [-0.39, 0.29) is 5.97 Å². The normalized spacial score (nSPS) is 14.8. The van der Waals surface area contributed by atoms with Gasteiger partial charge in [0.15, 0.2) is 6.10 Å². The van der Waals surface area contributed by atoms with Gasteiger partial charge in [0, 0.05) is 0 Å². The maximum atomic E-state index is 12.4. The van der Waals surface area contributed by atoms with Crippen LogP contribution >= 0.6 is 11.3 Å². The molecular formula is C19H18N2O3S. The van der Waals surface area contributed by atoms with E-state index in [2.05, 4.69) is 10.2 Å². The molecule has 128 valence electrons. The van der Waals surface area contributed by atoms with Gasteiger partial charge in [0.05, 0.1) is 10.4 Å². The van der Waals surface area contributed by atoms with Crippen LogP contribution in [0.25, 0.3) is 10.8 Å². The summed E-state index contributed by atoms with van der Waals surface area (Å²) in [5.41, 5.74) is 3.17. The third-order valence-corrected chi connectivity index (χ3v) is 5.25. The quantitative estimate of drug-likeness (QED) is 0.641. The van der Waals surface area contributed by atoms with Gasteiger partial charge in [0.2, 0.25) is 0 Å². The van der Waals surface area contributed by atoms with Gasteiger partial charge in [0.25, 0.3) is 11.8 Å². The van der Waals surface area contributed by atoms with Crippen LogP contribution in [-0.4, -0.2) is 16.2 Å². The number of carbonyl (C=O) groups excluding carboxylic acids is 1. The summed E-state index contributed by atoms with van der Waals surface area (Å²) < 4.78 is 11.1. The van der Waals surface area contributed by atoms with Crippen LogP contribution in [0.5, 0.6) is 0 Å². The molecule has 0 unspecified atom stereocenters. The summed E-state index contributed by atoms with van der Waals surface area (Å²) in [5, 5.41) is 9.96. The van der Waals surface area contributed by atoms with Crippen molar-refractivity contribution < 1.29 is 13.9 Å². The molecule has 4 rings (SSSR count). The van der Waals surface area contributed by atoms with Crippen LogP contribution in [-0.2, 0) is 17.6 Å². The summed E-state index contributed by atoms with van der Waals surface area (Å²) in [6.45, 7) is 1.74. The Morgan fingerprint density at radius 3 is 2.84 bits per heavy atom. The summed E-state index contributed by atoms with van der Waals surface area (Å²) in [6.07, 6.45) is 3.92. The minimum absolute atomic E-state index is 0.301. The van der Waals surface area contributed by atoms with E-state index in [0.717, 1.165) is 17.7 Å². The molecule has 3 aromatic rings. The molecule has 0 saturated heterocycles. The van der Waals surface area contributed by atoms with E-state index in [9.17, 15) is 4.79 Å². The van der Waals surface area contributed by atoms with Crippen molar-refractivity contribution in [3.05, 3.63) is 58.3 Å². The molecular weight excluding hydrogens is 336 g/mol. The number of esters is 1. The maximum absolute atomic E-state index is 12.4. The Hall–Kier alpha value is -2.47. The second-order valence-electron chi connectivity index (χ2n) is 6.16. The average molecular weight is 354 g/mol. The molecule has 1 aliphatic rings. The summed E-state index contributed by atoms with van der Waals surface area (Å²) >= 11 is 1.52. The summed E-state index contributed by atoms with van der Waals surface area (Å²) in [7, 11) is 0. The van der Waals surface area contributed by atoms with E-state index in [1.165, 1.54) is 35.3 Å². The molecule has 0 N–H and O–H groups in total. The van der Waals surface area contributed by atoms with E-state index in [1.54, 1.807) is 6.92 Å². The summed E-state index contributed by atoms with van der Waals surface area (Å²) in [4.78, 5) is 13.3. The average Bonchev–Trinajstić information content (AvgIpc) is 3.32. The fourth-order valence-corrected chi connectivity index (χ4v) is 3.68. The molecule has 0 saturated carbocycles. The van der Waals surface area contributed by atoms with Crippen molar-refractivity contribution in [3.8, 4) is 10.8 Å². The number of ether oxygens (including phenoxy) is 1. The zero-order valence-electron chi connectivity index (χ0n) is 13.9. The molecule has 1 aromatic carbocycles. The van der Waals surface area contributed by atoms with Crippen LogP contribution in [0, 0.1) is 0 Å². The number of thiophene rings is 1. The van der Waals surface area contributed by atoms with Crippen LogP contribution < -0.4 is 0 Å². The Balaban J connectivity index is 1.47. The van der Waals surface area contributed by atoms with E-state index in [1.807, 2.05) is 35.7 Å². The molecule has 0 spiro atoms. The maximum Gasteiger partial charge on any atom is 0.338 e. The second-order valence-corrected chi connectivity index (χ2v) is 7.11. The van der Waals surface area contributed by atoms with E-state index in [4.69, 9.17) is 9.15 Å². The standard InChI is InChI=1S/C19H18N2O3S/c1-12(17-20-21-18(24-17)16-7-4-10-25-16)23-19(22)15-9-8-13-5-2-3-6-14(13)11-15/h4,7-12H,2-3,5-6H2,1H3/t12-/m0/s1. The summed E-state index contributed by atoms with van der Waals surface area (Å²) in [6, 6.07) is 9.66. The molecule has 5 nitrogen and oxygen atoms in total. The number of benzene rings is 1. The van der Waals surface area contributed by atoms with Gasteiger partial charge < -0.3 is 9.15 Å². The Morgan fingerprint density at radius 1 is 1.20 bits per heavy atom. The van der Waals surface area contributed by atoms with Gasteiger partial charge in [-0.05, 0) is 67.3 Å². The van der Waals surface area contributed by atoms with Crippen LogP contribution in [0.1, 0.15) is 53.2 Å². The molecule has 0 bridgehead atoms. The number of hydrogen-bond donors (Lipinski definition) is 0. The third-order valence-electron chi connectivity index (χ3n) is 4.39. The number of aryl methyl sites for hydroxylation is 2. The number of hydrogen-bond acceptors (Lipinski definition) is 6. The van der Waals surface area contributed by atoms with Gasteiger partial charge >= 0.3 is 5.97 Å². The van der Waals surface area contributed by atoms with Gasteiger partial charge in [-0.1, -0.05) is 12.1 Å². The van der Waals surface area contributed by atoms with Crippen LogP contribution in [0.2, 0.25) is 0 Å². The predicted octanol–water partition coefficient (Wildman–Crippen LogP) is 4.59. The number of carbonyl (C=O) groups is 1. The molecule has 0 radical (unpaired) electrons. The van der Waals surface area contributed by atoms with Gasteiger partial charge in [0.1, 0.15) is 0 Å². The largest absolute Gasteiger partial charge is 0.449 e. The molecule has 1 atom stereocenters. The first-order valence-electron chi connectivity index (χ1n) is 8.41. The molecule has 6 heteroatoms. The number of nitrogens with zero attached hydrogens (tertiary/aromatic N) is 2. The van der Waals surface area contributed by atoms with Gasteiger partial charge in [-0.2, -0.15) is 0 Å². The lowest BCUT2D eigenvalue weighted by Gasteiger charge is -2.16. The highest BCUT2D eigenvalue weighted by molar-refractivity contribution is 7.13. The molecule has 1 aliphatic carbocycles. The van der Waals surface area contributed by atoms with Crippen molar-refractivity contribution in [2.24, 2.45) is 0 Å². The SMILES string of the molecule is C[C@H](OC(=O)c1ccc2c(c1)CCCC2)c1nnc(-c2cccs2)o1. The van der Waals surface area contributed by atoms with E-state index in [0.29, 0.717) is 17.3 Å². The van der Waals surface area contributed by atoms with Crippen molar-refractivity contribution >= 4 is 17.3 Å². The Kier molecular flexibility index (Phi) is 4.36. The van der Waals surface area contributed by atoms with Crippen LogP contribution in [0.3, 0.4) is 0 Å². The zero-order valence-corrected chi connectivity index (χ0v) is 14.7. The minimum atomic E-state index is -0.593. The Bertz CT molecular complexity index is 886. The van der Waals surface area contributed by atoms with Crippen molar-refractivity contribution in [2.45, 2.75) is 38.7 Å². The lowest BCUT2D eigenvalue weighted by atomic mass is 9.90. The van der Waals surface area contributed by atoms with Gasteiger partial charge in [-0.15, -0.1) is 21.5 Å². The van der Waals surface area contributed by atoms with E-state index >= 15 is 0 Å². The Morgan fingerprint density at radius 2 is 2.04 bits per heavy atom. The van der Waals surface area contributed by atoms with Crippen molar-refractivity contribution in [2.75, 3.05) is 0 Å². The van der Waals surface area contributed by atoms with Crippen molar-refractivity contribution in [1.29, 1.82) is 0 Å². The van der Waals surface area contributed by atoms with E-state index < -0.39 is 6.10 Å². The number of rotatable bonds is 4. The topological polar surface area (TPSA) is 65.2 Å². The smallest absolute Gasteiger partial charge is 0.338 e. The lowest BCUT2D eigenvalue weighted by molar-refractivity contribution is 0.0279. The predicted molar refractivity (Wildman–Crippen MR) is 94.5 cm³/mol. The molecule has 2 heterocycles. The zero-order chi connectivity index (χ0) is 17.2. The minimum Gasteiger partial charge on any atom is -0.449 e. The molecule has 0 fully saturated rings. The first kappa shape index (κ1) is 16.0. The van der Waals surface area contributed by atoms with Gasteiger partial charge in [-0.25, -0.2) is 4.79 Å². The summed E-state index contributed by atoms with van der Waals surface area (Å²) in [5.74, 6) is 0.383. The van der Waals surface area contributed by atoms with Crippen molar-refractivity contribution in [3.63, 3.8) is 0 Å². The first-order valence-corrected chi connectivity index (χ1v) is 9.29. The van der Waals surface area contributed by atoms with Crippen LogP contribution in [0.15, 0.2) is 40.1 Å². The highest BCUT2D eigenvalue weighted by Gasteiger charge is 2.21. The highest BCUT2D eigenvalue weighted by Crippen LogP contribution is 2.27.